The Labute approximate surface area is 123 Å². The van der Waals surface area contributed by atoms with Crippen molar-refractivity contribution in [2.75, 3.05) is 11.9 Å². The fourth-order valence-electron chi connectivity index (χ4n) is 2.67. The van der Waals surface area contributed by atoms with Crippen LogP contribution < -0.4 is 5.32 Å². The quantitative estimate of drug-likeness (QED) is 0.911. The maximum atomic E-state index is 12.5. The number of aryl methyl sites for hydroxylation is 2. The number of aromatic nitrogens is 2. The number of amides is 1. The number of carbonyl (C=O) groups is 1. The van der Waals surface area contributed by atoms with Crippen molar-refractivity contribution in [1.29, 1.82) is 0 Å². The molecule has 0 radical (unpaired) electrons. The van der Waals surface area contributed by atoms with Crippen LogP contribution in [0.4, 0.5) is 5.69 Å². The van der Waals surface area contributed by atoms with Gasteiger partial charge >= 0.3 is 0 Å². The molecule has 2 aromatic rings. The van der Waals surface area contributed by atoms with Crippen LogP contribution in [0, 0.1) is 6.92 Å². The molecule has 1 amide bonds. The zero-order valence-corrected chi connectivity index (χ0v) is 12.3. The van der Waals surface area contributed by atoms with E-state index in [9.17, 15) is 4.79 Å². The summed E-state index contributed by atoms with van der Waals surface area (Å²) in [5, 5.41) is 10.1. The highest BCUT2D eigenvalue weighted by Crippen LogP contribution is 2.23. The van der Waals surface area contributed by atoms with Crippen LogP contribution >= 0.6 is 0 Å². The van der Waals surface area contributed by atoms with Gasteiger partial charge in [-0.2, -0.15) is 5.10 Å². The van der Waals surface area contributed by atoms with E-state index in [1.54, 1.807) is 0 Å². The van der Waals surface area contributed by atoms with Crippen LogP contribution in [-0.2, 0) is 24.2 Å². The van der Waals surface area contributed by atoms with Crippen molar-refractivity contribution in [3.63, 3.8) is 0 Å². The Morgan fingerprint density at radius 3 is 3.14 bits per heavy atom. The lowest BCUT2D eigenvalue weighted by Gasteiger charge is -2.14. The molecule has 110 valence electrons. The van der Waals surface area contributed by atoms with E-state index in [2.05, 4.69) is 22.4 Å². The van der Waals surface area contributed by atoms with E-state index < -0.39 is 0 Å². The number of nitrogens with one attached hydrogen (secondary N) is 2. The van der Waals surface area contributed by atoms with Crippen molar-refractivity contribution in [1.82, 2.24) is 10.2 Å². The van der Waals surface area contributed by atoms with Gasteiger partial charge in [0.25, 0.3) is 5.91 Å². The number of anilines is 1. The molecule has 1 aromatic carbocycles. The first-order valence-electron chi connectivity index (χ1n) is 7.24. The molecule has 1 aliphatic heterocycles. The van der Waals surface area contributed by atoms with Crippen molar-refractivity contribution in [3.8, 4) is 0 Å². The first kappa shape index (κ1) is 13.8. The highest BCUT2D eigenvalue weighted by atomic mass is 16.5. The summed E-state index contributed by atoms with van der Waals surface area (Å²) in [5.74, 6) is -0.179. The van der Waals surface area contributed by atoms with Crippen molar-refractivity contribution in [2.45, 2.75) is 33.3 Å². The molecule has 0 saturated carbocycles. The number of rotatable bonds is 3. The molecule has 0 spiro atoms. The number of aromatic amines is 1. The molecule has 2 N–H and O–H groups in total. The lowest BCUT2D eigenvalue weighted by molar-refractivity contribution is 0.0985. The summed E-state index contributed by atoms with van der Waals surface area (Å²) >= 11 is 0. The minimum absolute atomic E-state index is 0.179. The number of hydrogen-bond acceptors (Lipinski definition) is 3. The van der Waals surface area contributed by atoms with Crippen molar-refractivity contribution < 1.29 is 9.53 Å². The number of carbonyl (C=O) groups excluding carboxylic acids is 1. The third kappa shape index (κ3) is 2.56. The van der Waals surface area contributed by atoms with Crippen LogP contribution in [-0.4, -0.2) is 22.7 Å². The van der Waals surface area contributed by atoms with Gasteiger partial charge in [-0.25, -0.2) is 0 Å². The lowest BCUT2D eigenvalue weighted by Crippen LogP contribution is -2.18. The second-order valence-electron chi connectivity index (χ2n) is 5.25. The molecule has 5 nitrogen and oxygen atoms in total. The molecule has 1 aliphatic rings. The van der Waals surface area contributed by atoms with Gasteiger partial charge in [-0.1, -0.05) is 25.1 Å². The van der Waals surface area contributed by atoms with Crippen LogP contribution in [0.3, 0.4) is 0 Å². The van der Waals surface area contributed by atoms with E-state index in [1.165, 1.54) is 0 Å². The van der Waals surface area contributed by atoms with Gasteiger partial charge in [0.15, 0.2) is 5.69 Å². The van der Waals surface area contributed by atoms with E-state index in [-0.39, 0.29) is 5.91 Å². The number of ether oxygens (including phenoxy) is 1. The Morgan fingerprint density at radius 1 is 1.48 bits per heavy atom. The van der Waals surface area contributed by atoms with Crippen LogP contribution in [0.15, 0.2) is 18.2 Å². The number of H-pyrrole nitrogens is 1. The Kier molecular flexibility index (Phi) is 3.75. The number of fused-ring (bicyclic) bond motifs is 1. The van der Waals surface area contributed by atoms with Gasteiger partial charge in [0, 0.05) is 23.4 Å². The summed E-state index contributed by atoms with van der Waals surface area (Å²) in [4.78, 5) is 12.5. The van der Waals surface area contributed by atoms with E-state index in [1.807, 2.05) is 25.1 Å². The van der Waals surface area contributed by atoms with E-state index in [0.717, 1.165) is 40.9 Å². The Hall–Kier alpha value is -2.14. The predicted octanol–water partition coefficient (Wildman–Crippen LogP) is 2.61. The summed E-state index contributed by atoms with van der Waals surface area (Å²) in [6.07, 6.45) is 1.65. The molecular weight excluding hydrogens is 266 g/mol. The van der Waals surface area contributed by atoms with Gasteiger partial charge in [-0.15, -0.1) is 0 Å². The number of para-hydroxylation sites is 1. The summed E-state index contributed by atoms with van der Waals surface area (Å²) in [6, 6.07) is 6.04. The summed E-state index contributed by atoms with van der Waals surface area (Å²) < 4.78 is 5.42. The highest BCUT2D eigenvalue weighted by Gasteiger charge is 2.22. The minimum atomic E-state index is -0.179. The van der Waals surface area contributed by atoms with Crippen molar-refractivity contribution in [3.05, 3.63) is 46.3 Å². The van der Waals surface area contributed by atoms with Gasteiger partial charge in [0.2, 0.25) is 0 Å². The number of hydrogen-bond donors (Lipinski definition) is 2. The molecule has 0 fully saturated rings. The van der Waals surface area contributed by atoms with Gasteiger partial charge in [0.1, 0.15) is 0 Å². The SMILES string of the molecule is CCc1cccc(C)c1NC(=O)c1n[nH]c2c1COCC2. The largest absolute Gasteiger partial charge is 0.376 e. The Bertz CT molecular complexity index is 676. The number of nitrogens with zero attached hydrogens (tertiary/aromatic N) is 1. The number of benzene rings is 1. The third-order valence-corrected chi connectivity index (χ3v) is 3.89. The standard InChI is InChI=1S/C16H19N3O2/c1-3-11-6-4-5-10(2)14(11)17-16(20)15-12-9-21-8-7-13(12)18-19-15/h4-6H,3,7-9H2,1-2H3,(H,17,20)(H,18,19). The minimum Gasteiger partial charge on any atom is -0.376 e. The molecule has 0 unspecified atom stereocenters. The monoisotopic (exact) mass is 285 g/mol. The molecule has 2 heterocycles. The van der Waals surface area contributed by atoms with Crippen LogP contribution in [0.2, 0.25) is 0 Å². The first-order valence-corrected chi connectivity index (χ1v) is 7.24. The van der Waals surface area contributed by atoms with Gasteiger partial charge in [-0.3, -0.25) is 9.89 Å². The molecule has 0 aliphatic carbocycles. The van der Waals surface area contributed by atoms with Crippen molar-refractivity contribution >= 4 is 11.6 Å². The molecule has 5 heteroatoms. The molecular formula is C16H19N3O2. The van der Waals surface area contributed by atoms with Gasteiger partial charge in [-0.05, 0) is 24.5 Å². The summed E-state index contributed by atoms with van der Waals surface area (Å²) in [5.41, 5.74) is 5.40. The normalized spacial score (nSPS) is 13.8. The van der Waals surface area contributed by atoms with E-state index in [4.69, 9.17) is 4.74 Å². The zero-order valence-electron chi connectivity index (χ0n) is 12.3. The van der Waals surface area contributed by atoms with Gasteiger partial charge < -0.3 is 10.1 Å². The van der Waals surface area contributed by atoms with E-state index >= 15 is 0 Å². The molecule has 0 bridgehead atoms. The van der Waals surface area contributed by atoms with Crippen LogP contribution in [0.1, 0.15) is 39.8 Å². The first-order chi connectivity index (χ1) is 10.2. The Balaban J connectivity index is 1.89. The second-order valence-corrected chi connectivity index (χ2v) is 5.25. The molecule has 1 aromatic heterocycles. The summed E-state index contributed by atoms with van der Waals surface area (Å²) in [7, 11) is 0. The van der Waals surface area contributed by atoms with Crippen molar-refractivity contribution in [2.24, 2.45) is 0 Å². The topological polar surface area (TPSA) is 67.0 Å². The maximum Gasteiger partial charge on any atom is 0.276 e. The highest BCUT2D eigenvalue weighted by molar-refractivity contribution is 6.04. The lowest BCUT2D eigenvalue weighted by atomic mass is 10.0. The molecule has 0 atom stereocenters. The molecule has 21 heavy (non-hydrogen) atoms. The second kappa shape index (κ2) is 5.69. The van der Waals surface area contributed by atoms with Crippen LogP contribution in [0.5, 0.6) is 0 Å². The predicted molar refractivity (Wildman–Crippen MR) is 80.5 cm³/mol. The third-order valence-electron chi connectivity index (χ3n) is 3.89. The maximum absolute atomic E-state index is 12.5. The average Bonchev–Trinajstić information content (AvgIpc) is 2.93. The smallest absolute Gasteiger partial charge is 0.276 e. The zero-order chi connectivity index (χ0) is 14.8. The van der Waals surface area contributed by atoms with Crippen LogP contribution in [0.25, 0.3) is 0 Å². The molecule has 3 rings (SSSR count). The molecule has 0 saturated heterocycles. The Morgan fingerprint density at radius 2 is 2.33 bits per heavy atom. The fraction of sp³-hybridized carbons (Fsp3) is 0.375. The average molecular weight is 285 g/mol. The summed E-state index contributed by atoms with van der Waals surface area (Å²) in [6.45, 7) is 5.20. The van der Waals surface area contributed by atoms with Gasteiger partial charge in [0.05, 0.1) is 13.2 Å². The van der Waals surface area contributed by atoms with E-state index in [0.29, 0.717) is 18.9 Å². The fourth-order valence-corrected chi connectivity index (χ4v) is 2.67.